The molecule has 0 unspecified atom stereocenters. The van der Waals surface area contributed by atoms with Crippen LogP contribution >= 0.6 is 11.5 Å². The quantitative estimate of drug-likeness (QED) is 0.760. The molecule has 0 spiro atoms. The lowest BCUT2D eigenvalue weighted by Crippen LogP contribution is -2.13. The summed E-state index contributed by atoms with van der Waals surface area (Å²) in [4.78, 5) is 4.35. The summed E-state index contributed by atoms with van der Waals surface area (Å²) in [7, 11) is 0. The van der Waals surface area contributed by atoms with E-state index in [0.717, 1.165) is 5.82 Å². The zero-order chi connectivity index (χ0) is 10.2. The van der Waals surface area contributed by atoms with E-state index in [2.05, 4.69) is 50.8 Å². The highest BCUT2D eigenvalue weighted by Crippen LogP contribution is 2.24. The molecule has 7 heteroatoms. The predicted molar refractivity (Wildman–Crippen MR) is 51.8 cm³/mol. The van der Waals surface area contributed by atoms with Gasteiger partial charge in [-0.2, -0.15) is 9.59 Å². The van der Waals surface area contributed by atoms with E-state index >= 15 is 0 Å². The van der Waals surface area contributed by atoms with E-state index in [1.165, 1.54) is 11.5 Å². The van der Waals surface area contributed by atoms with Crippen molar-refractivity contribution in [3.05, 3.63) is 5.82 Å². The topological polar surface area (TPSA) is 80.2 Å². The molecule has 0 saturated carbocycles. The first-order valence-electron chi connectivity index (χ1n) is 4.15. The molecule has 0 saturated heterocycles. The minimum absolute atomic E-state index is 0.0432. The molecule has 0 aliphatic carbocycles. The summed E-state index contributed by atoms with van der Waals surface area (Å²) in [6.45, 7) is 6.19. The molecule has 0 radical (unpaired) electrons. The van der Waals surface area contributed by atoms with Crippen LogP contribution in [0, 0.1) is 0 Å². The van der Waals surface area contributed by atoms with Crippen molar-refractivity contribution in [2.45, 2.75) is 26.2 Å². The molecule has 2 heterocycles. The average Bonchev–Trinajstić information content (AvgIpc) is 2.73. The summed E-state index contributed by atoms with van der Waals surface area (Å²) in [6.07, 6.45) is 0. The van der Waals surface area contributed by atoms with Gasteiger partial charge in [0.15, 0.2) is 5.01 Å². The first kappa shape index (κ1) is 9.20. The molecule has 2 rings (SSSR count). The Kier molecular flexibility index (Phi) is 2.03. The highest BCUT2D eigenvalue weighted by atomic mass is 32.1. The standard InChI is InChI=1S/C7H10N6S/c1-7(2,3)6-8-5(14-11-6)4-9-12-13-10-4/h1-3H3,(H,9,10,12,13). The highest BCUT2D eigenvalue weighted by molar-refractivity contribution is 7.09. The molecule has 0 aliphatic rings. The Hall–Kier alpha value is -1.37. The van der Waals surface area contributed by atoms with Gasteiger partial charge in [-0.1, -0.05) is 20.8 Å². The number of nitrogens with zero attached hydrogens (tertiary/aromatic N) is 5. The van der Waals surface area contributed by atoms with Gasteiger partial charge in [0.2, 0.25) is 5.82 Å². The third kappa shape index (κ3) is 1.63. The summed E-state index contributed by atoms with van der Waals surface area (Å²) < 4.78 is 4.25. The summed E-state index contributed by atoms with van der Waals surface area (Å²) in [6, 6.07) is 0. The Morgan fingerprint density at radius 3 is 2.57 bits per heavy atom. The lowest BCUT2D eigenvalue weighted by Gasteiger charge is -2.11. The van der Waals surface area contributed by atoms with Crippen LogP contribution in [0.1, 0.15) is 26.6 Å². The second kappa shape index (κ2) is 3.09. The normalized spacial score (nSPS) is 11.9. The molecule has 0 aromatic carbocycles. The van der Waals surface area contributed by atoms with Crippen LogP contribution < -0.4 is 0 Å². The Morgan fingerprint density at radius 2 is 2.07 bits per heavy atom. The number of nitrogens with one attached hydrogen (secondary N) is 1. The highest BCUT2D eigenvalue weighted by Gasteiger charge is 2.21. The molecule has 0 aliphatic heterocycles. The molecular weight excluding hydrogens is 200 g/mol. The van der Waals surface area contributed by atoms with E-state index in [1.54, 1.807) is 0 Å². The Bertz CT molecular complexity index is 412. The molecule has 0 fully saturated rings. The van der Waals surface area contributed by atoms with Crippen LogP contribution in [0.25, 0.3) is 10.8 Å². The SMILES string of the molecule is CC(C)(C)c1nsc(-c2nn[nH]n2)n1. The summed E-state index contributed by atoms with van der Waals surface area (Å²) in [5.41, 5.74) is -0.0432. The van der Waals surface area contributed by atoms with Crippen LogP contribution in [0.4, 0.5) is 0 Å². The number of hydrogen-bond donors (Lipinski definition) is 1. The molecule has 2 aromatic heterocycles. The van der Waals surface area contributed by atoms with Crippen LogP contribution in [0.5, 0.6) is 0 Å². The first-order valence-corrected chi connectivity index (χ1v) is 4.93. The van der Waals surface area contributed by atoms with Crippen molar-refractivity contribution in [1.29, 1.82) is 0 Å². The Labute approximate surface area is 84.9 Å². The molecule has 1 N–H and O–H groups in total. The van der Waals surface area contributed by atoms with Gasteiger partial charge in [0.25, 0.3) is 0 Å². The smallest absolute Gasteiger partial charge is 0.215 e. The fourth-order valence-electron chi connectivity index (χ4n) is 0.871. The van der Waals surface area contributed by atoms with Gasteiger partial charge < -0.3 is 0 Å². The van der Waals surface area contributed by atoms with Gasteiger partial charge in [-0.05, 0) is 16.7 Å². The maximum absolute atomic E-state index is 4.35. The Balaban J connectivity index is 2.36. The van der Waals surface area contributed by atoms with Crippen molar-refractivity contribution in [2.75, 3.05) is 0 Å². The second-order valence-electron chi connectivity index (χ2n) is 3.91. The van der Waals surface area contributed by atoms with Crippen LogP contribution in [-0.2, 0) is 5.41 Å². The van der Waals surface area contributed by atoms with Crippen molar-refractivity contribution < 1.29 is 0 Å². The molecule has 6 nitrogen and oxygen atoms in total. The van der Waals surface area contributed by atoms with E-state index < -0.39 is 0 Å². The fourth-order valence-corrected chi connectivity index (χ4v) is 1.65. The number of aromatic amines is 1. The van der Waals surface area contributed by atoms with Crippen molar-refractivity contribution in [3.8, 4) is 10.8 Å². The summed E-state index contributed by atoms with van der Waals surface area (Å²) in [5.74, 6) is 1.31. The molecule has 0 amide bonds. The monoisotopic (exact) mass is 210 g/mol. The number of hydrogen-bond acceptors (Lipinski definition) is 6. The van der Waals surface area contributed by atoms with E-state index in [0.29, 0.717) is 10.8 Å². The van der Waals surface area contributed by atoms with E-state index in [1.807, 2.05) is 0 Å². The van der Waals surface area contributed by atoms with E-state index in [4.69, 9.17) is 0 Å². The van der Waals surface area contributed by atoms with E-state index in [9.17, 15) is 0 Å². The third-order valence-electron chi connectivity index (χ3n) is 1.63. The van der Waals surface area contributed by atoms with Crippen LogP contribution in [0.15, 0.2) is 0 Å². The molecule has 0 bridgehead atoms. The summed E-state index contributed by atoms with van der Waals surface area (Å²) >= 11 is 1.29. The fraction of sp³-hybridized carbons (Fsp3) is 0.571. The van der Waals surface area contributed by atoms with Gasteiger partial charge in [0.05, 0.1) is 0 Å². The molecule has 0 atom stereocenters. The molecular formula is C7H10N6S. The number of rotatable bonds is 1. The van der Waals surface area contributed by atoms with Gasteiger partial charge in [0, 0.05) is 5.41 Å². The van der Waals surface area contributed by atoms with Crippen LogP contribution in [-0.4, -0.2) is 30.0 Å². The maximum Gasteiger partial charge on any atom is 0.234 e. The zero-order valence-corrected chi connectivity index (χ0v) is 8.96. The van der Waals surface area contributed by atoms with Gasteiger partial charge in [-0.15, -0.1) is 10.2 Å². The third-order valence-corrected chi connectivity index (χ3v) is 2.34. The Morgan fingerprint density at radius 1 is 1.29 bits per heavy atom. The minimum atomic E-state index is -0.0432. The van der Waals surface area contributed by atoms with Gasteiger partial charge >= 0.3 is 0 Å². The second-order valence-corrected chi connectivity index (χ2v) is 4.66. The molecule has 14 heavy (non-hydrogen) atoms. The zero-order valence-electron chi connectivity index (χ0n) is 8.14. The molecule has 74 valence electrons. The number of H-pyrrole nitrogens is 1. The number of aromatic nitrogens is 6. The van der Waals surface area contributed by atoms with Gasteiger partial charge in [-0.25, -0.2) is 4.98 Å². The average molecular weight is 210 g/mol. The van der Waals surface area contributed by atoms with Crippen molar-refractivity contribution >= 4 is 11.5 Å². The lowest BCUT2D eigenvalue weighted by atomic mass is 9.96. The van der Waals surface area contributed by atoms with Crippen molar-refractivity contribution in [3.63, 3.8) is 0 Å². The van der Waals surface area contributed by atoms with Gasteiger partial charge in [-0.3, -0.25) is 0 Å². The maximum atomic E-state index is 4.35. The minimum Gasteiger partial charge on any atom is -0.215 e. The number of tetrazole rings is 1. The predicted octanol–water partition coefficient (Wildman–Crippen LogP) is 1.02. The van der Waals surface area contributed by atoms with Gasteiger partial charge in [0.1, 0.15) is 5.82 Å². The first-order chi connectivity index (χ1) is 6.57. The largest absolute Gasteiger partial charge is 0.234 e. The summed E-state index contributed by atoms with van der Waals surface area (Å²) in [5, 5.41) is 14.2. The van der Waals surface area contributed by atoms with E-state index in [-0.39, 0.29) is 5.41 Å². The van der Waals surface area contributed by atoms with Crippen LogP contribution in [0.3, 0.4) is 0 Å². The van der Waals surface area contributed by atoms with Crippen molar-refractivity contribution in [2.24, 2.45) is 0 Å². The van der Waals surface area contributed by atoms with Crippen molar-refractivity contribution in [1.82, 2.24) is 30.0 Å². The molecule has 2 aromatic rings. The lowest BCUT2D eigenvalue weighted by molar-refractivity contribution is 0.555. The van der Waals surface area contributed by atoms with Crippen LogP contribution in [0.2, 0.25) is 0 Å².